The average Bonchev–Trinajstić information content (AvgIpc) is 2.68. The Labute approximate surface area is 212 Å². The summed E-state index contributed by atoms with van der Waals surface area (Å²) in [5.74, 6) is 0.789. The number of thioether (sulfide) groups is 1. The number of carbonyl (C=O) groups is 2. The van der Waals surface area contributed by atoms with Crippen LogP contribution in [0.3, 0.4) is 0 Å². The fourth-order valence-electron chi connectivity index (χ4n) is 3.70. The van der Waals surface area contributed by atoms with Crippen LogP contribution in [0.25, 0.3) is 0 Å². The van der Waals surface area contributed by atoms with Gasteiger partial charge < -0.3 is 10.2 Å². The van der Waals surface area contributed by atoms with E-state index in [1.165, 1.54) is 16.7 Å². The fraction of sp³-hybridized carbons (Fsp3) is 0.462. The number of nitrogens with one attached hydrogen (secondary N) is 1. The summed E-state index contributed by atoms with van der Waals surface area (Å²) in [6.07, 6.45) is 0.511. The van der Waals surface area contributed by atoms with Crippen molar-refractivity contribution in [2.75, 3.05) is 5.75 Å². The molecule has 0 aliphatic rings. The number of halogens is 2. The van der Waals surface area contributed by atoms with E-state index in [1.807, 2.05) is 33.8 Å². The van der Waals surface area contributed by atoms with Gasteiger partial charge in [0.25, 0.3) is 0 Å². The van der Waals surface area contributed by atoms with E-state index < -0.39 is 6.04 Å². The lowest BCUT2D eigenvalue weighted by molar-refractivity contribution is -0.140. The van der Waals surface area contributed by atoms with Crippen LogP contribution in [0, 0.1) is 13.8 Å². The van der Waals surface area contributed by atoms with E-state index in [2.05, 4.69) is 37.4 Å². The number of amides is 2. The molecule has 2 amide bonds. The van der Waals surface area contributed by atoms with Crippen molar-refractivity contribution >= 4 is 46.8 Å². The molecule has 1 unspecified atom stereocenters. The number of carbonyl (C=O) groups excluding carboxylic acids is 2. The van der Waals surface area contributed by atoms with E-state index in [4.69, 9.17) is 23.2 Å². The second-order valence-corrected chi connectivity index (χ2v) is 11.2. The highest BCUT2D eigenvalue weighted by molar-refractivity contribution is 7.99. The lowest BCUT2D eigenvalue weighted by Gasteiger charge is -2.33. The Morgan fingerprint density at radius 2 is 1.64 bits per heavy atom. The van der Waals surface area contributed by atoms with Gasteiger partial charge in [0.1, 0.15) is 6.04 Å². The van der Waals surface area contributed by atoms with Crippen molar-refractivity contribution in [2.24, 2.45) is 0 Å². The van der Waals surface area contributed by atoms with Gasteiger partial charge in [0.05, 0.1) is 15.8 Å². The lowest BCUT2D eigenvalue weighted by Crippen LogP contribution is -2.53. The van der Waals surface area contributed by atoms with Crippen molar-refractivity contribution in [1.82, 2.24) is 10.2 Å². The van der Waals surface area contributed by atoms with Crippen LogP contribution in [0.15, 0.2) is 36.4 Å². The van der Waals surface area contributed by atoms with Gasteiger partial charge in [0, 0.05) is 17.8 Å². The monoisotopic (exact) mass is 508 g/mol. The Morgan fingerprint density at radius 1 is 1.00 bits per heavy atom. The van der Waals surface area contributed by atoms with Gasteiger partial charge in [-0.05, 0) is 64.3 Å². The summed E-state index contributed by atoms with van der Waals surface area (Å²) in [5, 5.41) is 3.91. The van der Waals surface area contributed by atoms with Crippen LogP contribution in [0.4, 0.5) is 0 Å². The van der Waals surface area contributed by atoms with Gasteiger partial charge in [-0.2, -0.15) is 0 Å². The molecule has 0 heterocycles. The van der Waals surface area contributed by atoms with E-state index in [0.717, 1.165) is 11.3 Å². The zero-order valence-electron chi connectivity index (χ0n) is 20.3. The molecule has 0 fully saturated rings. The zero-order valence-corrected chi connectivity index (χ0v) is 22.6. The molecule has 0 aliphatic heterocycles. The van der Waals surface area contributed by atoms with Gasteiger partial charge >= 0.3 is 0 Å². The molecule has 180 valence electrons. The summed E-state index contributed by atoms with van der Waals surface area (Å²) in [7, 11) is 0. The molecule has 0 saturated heterocycles. The van der Waals surface area contributed by atoms with Crippen molar-refractivity contribution in [2.45, 2.75) is 71.8 Å². The molecule has 0 saturated carbocycles. The number of hydrogen-bond acceptors (Lipinski definition) is 3. The number of benzene rings is 2. The summed E-state index contributed by atoms with van der Waals surface area (Å²) in [4.78, 5) is 28.1. The maximum absolute atomic E-state index is 13.4. The second-order valence-electron chi connectivity index (χ2n) is 9.42. The van der Waals surface area contributed by atoms with E-state index >= 15 is 0 Å². The van der Waals surface area contributed by atoms with Crippen LogP contribution in [-0.4, -0.2) is 34.0 Å². The van der Waals surface area contributed by atoms with E-state index in [0.29, 0.717) is 16.5 Å². The summed E-state index contributed by atoms with van der Waals surface area (Å²) in [5.41, 5.74) is 4.06. The molecule has 2 rings (SSSR count). The first-order valence-corrected chi connectivity index (χ1v) is 13.0. The number of aryl methyl sites for hydroxylation is 2. The molecular formula is C26H34Cl2N2O2S. The summed E-state index contributed by atoms with van der Waals surface area (Å²) >= 11 is 13.8. The Balaban J connectivity index is 2.20. The first kappa shape index (κ1) is 27.6. The van der Waals surface area contributed by atoms with Gasteiger partial charge in [-0.15, -0.1) is 11.8 Å². The molecule has 1 atom stereocenters. The van der Waals surface area contributed by atoms with Gasteiger partial charge in [0.15, 0.2) is 0 Å². The topological polar surface area (TPSA) is 49.4 Å². The van der Waals surface area contributed by atoms with Crippen molar-refractivity contribution < 1.29 is 9.59 Å². The Hall–Kier alpha value is -1.69. The predicted octanol–water partition coefficient (Wildman–Crippen LogP) is 6.57. The van der Waals surface area contributed by atoms with Crippen LogP contribution >= 0.6 is 35.0 Å². The van der Waals surface area contributed by atoms with Crippen molar-refractivity contribution in [3.05, 3.63) is 68.7 Å². The van der Waals surface area contributed by atoms with E-state index in [1.54, 1.807) is 28.8 Å². The largest absolute Gasteiger partial charge is 0.350 e. The Morgan fingerprint density at radius 3 is 2.18 bits per heavy atom. The highest BCUT2D eigenvalue weighted by atomic mass is 35.5. The molecule has 0 radical (unpaired) electrons. The minimum atomic E-state index is -0.576. The summed E-state index contributed by atoms with van der Waals surface area (Å²) in [6.45, 7) is 12.2. The molecule has 2 aromatic carbocycles. The number of hydrogen-bond donors (Lipinski definition) is 1. The molecule has 0 aromatic heterocycles. The fourth-order valence-corrected chi connectivity index (χ4v) is 4.86. The van der Waals surface area contributed by atoms with Crippen LogP contribution < -0.4 is 5.32 Å². The minimum Gasteiger partial charge on any atom is -0.350 e. The standard InChI is InChI=1S/C26H34Cl2N2O2S/c1-7-23(25(32)29-26(4,5)6)30(14-19-8-9-21(27)22(28)13-19)24(31)16-33-15-20-11-17(2)10-18(3)12-20/h8-13,23H,7,14-16H2,1-6H3,(H,29,32). The first-order valence-electron chi connectivity index (χ1n) is 11.1. The quantitative estimate of drug-likeness (QED) is 0.416. The molecule has 2 aromatic rings. The maximum Gasteiger partial charge on any atom is 0.243 e. The number of nitrogens with zero attached hydrogens (tertiary/aromatic N) is 1. The zero-order chi connectivity index (χ0) is 24.8. The average molecular weight is 510 g/mol. The predicted molar refractivity (Wildman–Crippen MR) is 141 cm³/mol. The van der Waals surface area contributed by atoms with Gasteiger partial charge in [-0.3, -0.25) is 9.59 Å². The third-order valence-corrected chi connectivity index (χ3v) is 6.72. The lowest BCUT2D eigenvalue weighted by atomic mass is 10.1. The van der Waals surface area contributed by atoms with Gasteiger partial charge in [-0.1, -0.05) is 65.5 Å². The van der Waals surface area contributed by atoms with Crippen LogP contribution in [-0.2, 0) is 21.9 Å². The normalized spacial score (nSPS) is 12.4. The molecule has 0 spiro atoms. The molecule has 7 heteroatoms. The minimum absolute atomic E-state index is 0.0774. The third kappa shape index (κ3) is 8.88. The highest BCUT2D eigenvalue weighted by Gasteiger charge is 2.30. The van der Waals surface area contributed by atoms with Crippen LogP contribution in [0.2, 0.25) is 10.0 Å². The molecular weight excluding hydrogens is 475 g/mol. The Bertz CT molecular complexity index is 968. The number of rotatable bonds is 9. The molecule has 0 bridgehead atoms. The van der Waals surface area contributed by atoms with Gasteiger partial charge in [-0.25, -0.2) is 0 Å². The molecule has 33 heavy (non-hydrogen) atoms. The van der Waals surface area contributed by atoms with Crippen molar-refractivity contribution in [3.63, 3.8) is 0 Å². The summed E-state index contributed by atoms with van der Waals surface area (Å²) < 4.78 is 0. The molecule has 4 nitrogen and oxygen atoms in total. The SMILES string of the molecule is CCC(C(=O)NC(C)(C)C)N(Cc1ccc(Cl)c(Cl)c1)C(=O)CSCc1cc(C)cc(C)c1. The van der Waals surface area contributed by atoms with Crippen molar-refractivity contribution in [1.29, 1.82) is 0 Å². The molecule has 0 aliphatic carbocycles. The third-order valence-electron chi connectivity index (χ3n) is 5.00. The Kier molecular flexibility index (Phi) is 10.1. The second kappa shape index (κ2) is 12.1. The van der Waals surface area contributed by atoms with Crippen molar-refractivity contribution in [3.8, 4) is 0 Å². The van der Waals surface area contributed by atoms with E-state index in [-0.39, 0.29) is 29.7 Å². The maximum atomic E-state index is 13.4. The first-order chi connectivity index (χ1) is 15.4. The summed E-state index contributed by atoms with van der Waals surface area (Å²) in [6, 6.07) is 11.2. The smallest absolute Gasteiger partial charge is 0.243 e. The highest BCUT2D eigenvalue weighted by Crippen LogP contribution is 2.25. The van der Waals surface area contributed by atoms with Gasteiger partial charge in [0.2, 0.25) is 11.8 Å². The van der Waals surface area contributed by atoms with Crippen LogP contribution in [0.5, 0.6) is 0 Å². The van der Waals surface area contributed by atoms with Crippen LogP contribution in [0.1, 0.15) is 56.4 Å². The van der Waals surface area contributed by atoms with E-state index in [9.17, 15) is 9.59 Å². The molecule has 1 N–H and O–H groups in total.